The molecule has 0 aliphatic rings. The van der Waals surface area contributed by atoms with Crippen LogP contribution < -0.4 is 10.2 Å². The molecule has 110 valence electrons. The number of benzene rings is 1. The van der Waals surface area contributed by atoms with E-state index in [9.17, 15) is 9.59 Å². The van der Waals surface area contributed by atoms with Crippen LogP contribution in [0.4, 0.5) is 5.69 Å². The summed E-state index contributed by atoms with van der Waals surface area (Å²) in [4.78, 5) is 24.3. The van der Waals surface area contributed by atoms with Crippen molar-refractivity contribution >= 4 is 17.6 Å². The predicted octanol–water partition coefficient (Wildman–Crippen LogP) is 0.892. The lowest BCUT2D eigenvalue weighted by atomic mass is 10.1. The number of carboxylic acids is 1. The van der Waals surface area contributed by atoms with Gasteiger partial charge in [0, 0.05) is 26.4 Å². The van der Waals surface area contributed by atoms with Gasteiger partial charge in [-0.15, -0.1) is 0 Å². The molecular formula is C14H20N2O4. The fraction of sp³-hybridized carbons (Fsp3) is 0.429. The number of aryl methyl sites for hydroxylation is 1. The molecule has 0 aliphatic heterocycles. The van der Waals surface area contributed by atoms with E-state index in [-0.39, 0.29) is 18.0 Å². The van der Waals surface area contributed by atoms with Gasteiger partial charge in [0.1, 0.15) is 0 Å². The van der Waals surface area contributed by atoms with Gasteiger partial charge in [-0.2, -0.15) is 0 Å². The van der Waals surface area contributed by atoms with Crippen LogP contribution in [0, 0.1) is 6.92 Å². The van der Waals surface area contributed by atoms with Gasteiger partial charge in [-0.25, -0.2) is 4.79 Å². The second kappa shape index (κ2) is 7.49. The maximum absolute atomic E-state index is 11.7. The van der Waals surface area contributed by atoms with E-state index in [0.717, 1.165) is 11.3 Å². The zero-order valence-corrected chi connectivity index (χ0v) is 12.0. The van der Waals surface area contributed by atoms with Gasteiger partial charge in [0.2, 0.25) is 5.91 Å². The average Bonchev–Trinajstić information content (AvgIpc) is 2.38. The van der Waals surface area contributed by atoms with Crippen LogP contribution >= 0.6 is 0 Å². The number of rotatable bonds is 7. The van der Waals surface area contributed by atoms with Crippen LogP contribution in [0.15, 0.2) is 18.2 Å². The summed E-state index contributed by atoms with van der Waals surface area (Å²) < 4.78 is 4.85. The summed E-state index contributed by atoms with van der Waals surface area (Å²) in [5, 5.41) is 11.6. The van der Waals surface area contributed by atoms with Crippen molar-refractivity contribution in [1.82, 2.24) is 5.32 Å². The molecule has 6 heteroatoms. The summed E-state index contributed by atoms with van der Waals surface area (Å²) >= 11 is 0. The van der Waals surface area contributed by atoms with E-state index in [0.29, 0.717) is 13.2 Å². The number of carboxylic acid groups (broad SMARTS) is 1. The average molecular weight is 280 g/mol. The normalized spacial score (nSPS) is 10.2. The fourth-order valence-electron chi connectivity index (χ4n) is 1.87. The van der Waals surface area contributed by atoms with E-state index in [1.54, 1.807) is 31.2 Å². The van der Waals surface area contributed by atoms with Crippen molar-refractivity contribution in [3.05, 3.63) is 29.3 Å². The van der Waals surface area contributed by atoms with Crippen molar-refractivity contribution in [2.24, 2.45) is 0 Å². The third kappa shape index (κ3) is 4.55. The molecule has 1 aromatic carbocycles. The van der Waals surface area contributed by atoms with Crippen molar-refractivity contribution in [3.63, 3.8) is 0 Å². The van der Waals surface area contributed by atoms with Crippen LogP contribution in [0.5, 0.6) is 0 Å². The van der Waals surface area contributed by atoms with Crippen molar-refractivity contribution in [2.45, 2.75) is 6.92 Å². The molecule has 2 N–H and O–H groups in total. The molecule has 6 nitrogen and oxygen atoms in total. The minimum Gasteiger partial charge on any atom is -0.478 e. The number of methoxy groups -OCH3 is 1. The molecule has 20 heavy (non-hydrogen) atoms. The number of nitrogens with one attached hydrogen (secondary N) is 1. The van der Waals surface area contributed by atoms with Gasteiger partial charge in [0.05, 0.1) is 18.7 Å². The second-order valence-corrected chi connectivity index (χ2v) is 4.51. The van der Waals surface area contributed by atoms with Crippen LogP contribution in [-0.2, 0) is 9.53 Å². The first-order valence-electron chi connectivity index (χ1n) is 6.26. The van der Waals surface area contributed by atoms with Gasteiger partial charge in [-0.05, 0) is 30.7 Å². The van der Waals surface area contributed by atoms with Gasteiger partial charge in [0.25, 0.3) is 0 Å². The topological polar surface area (TPSA) is 78.9 Å². The predicted molar refractivity (Wildman–Crippen MR) is 76.3 cm³/mol. The molecule has 0 radical (unpaired) electrons. The largest absolute Gasteiger partial charge is 0.478 e. The molecule has 0 aromatic heterocycles. The Morgan fingerprint density at radius 2 is 2.10 bits per heavy atom. The number of amides is 1. The lowest BCUT2D eigenvalue weighted by Crippen LogP contribution is -2.36. The van der Waals surface area contributed by atoms with E-state index >= 15 is 0 Å². The van der Waals surface area contributed by atoms with Crippen LogP contribution in [0.2, 0.25) is 0 Å². The molecule has 0 heterocycles. The van der Waals surface area contributed by atoms with E-state index in [2.05, 4.69) is 5.32 Å². The van der Waals surface area contributed by atoms with Crippen molar-refractivity contribution in [2.75, 3.05) is 38.8 Å². The second-order valence-electron chi connectivity index (χ2n) is 4.51. The van der Waals surface area contributed by atoms with Crippen LogP contribution in [0.3, 0.4) is 0 Å². The number of aromatic carboxylic acids is 1. The monoisotopic (exact) mass is 280 g/mol. The Morgan fingerprint density at radius 1 is 1.40 bits per heavy atom. The minimum absolute atomic E-state index is 0.105. The third-order valence-corrected chi connectivity index (χ3v) is 2.86. The summed E-state index contributed by atoms with van der Waals surface area (Å²) in [6, 6.07) is 4.84. The Morgan fingerprint density at radius 3 is 2.65 bits per heavy atom. The quantitative estimate of drug-likeness (QED) is 0.725. The molecule has 1 amide bonds. The van der Waals surface area contributed by atoms with Crippen LogP contribution in [0.25, 0.3) is 0 Å². The third-order valence-electron chi connectivity index (χ3n) is 2.86. The number of anilines is 1. The Balaban J connectivity index is 2.65. The summed E-state index contributed by atoms with van der Waals surface area (Å²) in [7, 11) is 3.37. The first-order chi connectivity index (χ1) is 9.45. The summed E-state index contributed by atoms with van der Waals surface area (Å²) in [6.45, 7) is 2.97. The van der Waals surface area contributed by atoms with Gasteiger partial charge in [-0.1, -0.05) is 0 Å². The standard InChI is InChI=1S/C14H20N2O4/c1-10-8-11(14(18)19)4-5-12(10)16(2)9-13(17)15-6-7-20-3/h4-5,8H,6-7,9H2,1-3H3,(H,15,17)(H,18,19). The SMILES string of the molecule is COCCNC(=O)CN(C)c1ccc(C(=O)O)cc1C. The van der Waals surface area contributed by atoms with E-state index in [1.807, 2.05) is 6.92 Å². The molecule has 1 aromatic rings. The summed E-state index contributed by atoms with van der Waals surface area (Å²) in [5.74, 6) is -1.06. The Labute approximate surface area is 118 Å². The highest BCUT2D eigenvalue weighted by Crippen LogP contribution is 2.20. The number of nitrogens with zero attached hydrogens (tertiary/aromatic N) is 1. The Bertz CT molecular complexity index is 488. The summed E-state index contributed by atoms with van der Waals surface area (Å²) in [6.07, 6.45) is 0. The van der Waals surface area contributed by atoms with Gasteiger partial charge in [-0.3, -0.25) is 4.79 Å². The maximum Gasteiger partial charge on any atom is 0.335 e. The number of hydrogen-bond donors (Lipinski definition) is 2. The first-order valence-corrected chi connectivity index (χ1v) is 6.26. The first kappa shape index (κ1) is 16.0. The number of likely N-dealkylation sites (N-methyl/N-ethyl adjacent to an activating group) is 1. The van der Waals surface area contributed by atoms with Gasteiger partial charge in [0.15, 0.2) is 0 Å². The molecule has 0 atom stereocenters. The lowest BCUT2D eigenvalue weighted by molar-refractivity contribution is -0.119. The molecule has 0 saturated heterocycles. The van der Waals surface area contributed by atoms with E-state index < -0.39 is 5.97 Å². The zero-order chi connectivity index (χ0) is 15.1. The van der Waals surface area contributed by atoms with Crippen LogP contribution in [0.1, 0.15) is 15.9 Å². The number of ether oxygens (including phenoxy) is 1. The lowest BCUT2D eigenvalue weighted by Gasteiger charge is -2.21. The number of hydrogen-bond acceptors (Lipinski definition) is 4. The molecular weight excluding hydrogens is 260 g/mol. The molecule has 0 saturated carbocycles. The molecule has 1 rings (SSSR count). The van der Waals surface area contributed by atoms with E-state index in [1.165, 1.54) is 6.07 Å². The number of carbonyl (C=O) groups excluding carboxylic acids is 1. The smallest absolute Gasteiger partial charge is 0.335 e. The highest BCUT2D eigenvalue weighted by Gasteiger charge is 2.11. The van der Waals surface area contributed by atoms with Crippen LogP contribution in [-0.4, -0.2) is 50.8 Å². The van der Waals surface area contributed by atoms with E-state index in [4.69, 9.17) is 9.84 Å². The Kier molecular flexibility index (Phi) is 5.99. The van der Waals surface area contributed by atoms with Crippen molar-refractivity contribution < 1.29 is 19.4 Å². The maximum atomic E-state index is 11.7. The molecule has 0 bridgehead atoms. The molecule has 0 fully saturated rings. The summed E-state index contributed by atoms with van der Waals surface area (Å²) in [5.41, 5.74) is 1.89. The number of carbonyl (C=O) groups is 2. The molecule has 0 spiro atoms. The highest BCUT2D eigenvalue weighted by atomic mass is 16.5. The minimum atomic E-state index is -0.959. The zero-order valence-electron chi connectivity index (χ0n) is 12.0. The Hall–Kier alpha value is -2.08. The van der Waals surface area contributed by atoms with Gasteiger partial charge >= 0.3 is 5.97 Å². The molecule has 0 aliphatic carbocycles. The van der Waals surface area contributed by atoms with Gasteiger partial charge < -0.3 is 20.1 Å². The fourth-order valence-corrected chi connectivity index (χ4v) is 1.87. The molecule has 0 unspecified atom stereocenters. The van der Waals surface area contributed by atoms with Crippen molar-refractivity contribution in [3.8, 4) is 0 Å². The highest BCUT2D eigenvalue weighted by molar-refractivity contribution is 5.89. The van der Waals surface area contributed by atoms with Crippen molar-refractivity contribution in [1.29, 1.82) is 0 Å².